The third-order valence-corrected chi connectivity index (χ3v) is 7.22. The van der Waals surface area contributed by atoms with Crippen molar-refractivity contribution in [1.29, 1.82) is 0 Å². The van der Waals surface area contributed by atoms with Gasteiger partial charge in [0.2, 0.25) is 0 Å². The summed E-state index contributed by atoms with van der Waals surface area (Å²) in [7, 11) is -2.21. The summed E-state index contributed by atoms with van der Waals surface area (Å²) in [5.74, 6) is 0.183. The van der Waals surface area contributed by atoms with Crippen molar-refractivity contribution < 1.29 is 17.0 Å². The van der Waals surface area contributed by atoms with E-state index in [1.807, 2.05) is 43.6 Å². The fraction of sp³-hybridized carbons (Fsp3) is 0.0357. The molecule has 0 aliphatic carbocycles. The summed E-state index contributed by atoms with van der Waals surface area (Å²) in [6.45, 7) is 0. The largest absolute Gasteiger partial charge is 0.450 e. The van der Waals surface area contributed by atoms with Gasteiger partial charge < -0.3 is 18.9 Å². The van der Waals surface area contributed by atoms with Gasteiger partial charge in [-0.15, -0.1) is 0 Å². The third-order valence-electron chi connectivity index (χ3n) is 6.09. The SMILES string of the molecule is CNc1ccc(-c2cnc3[nH]c4ccc(OS(=O)(=O)c5ccco5)cc4c3c2-c2ccccc2)cc1. The minimum atomic E-state index is -4.09. The van der Waals surface area contributed by atoms with Gasteiger partial charge in [0.15, 0.2) is 0 Å². The van der Waals surface area contributed by atoms with Gasteiger partial charge in [0.1, 0.15) is 11.4 Å². The zero-order valence-corrected chi connectivity index (χ0v) is 20.0. The van der Waals surface area contributed by atoms with Crippen LogP contribution in [0.25, 0.3) is 44.2 Å². The minimum absolute atomic E-state index is 0.183. The van der Waals surface area contributed by atoms with Crippen LogP contribution in [-0.2, 0) is 10.1 Å². The van der Waals surface area contributed by atoms with Crippen molar-refractivity contribution in [2.75, 3.05) is 12.4 Å². The fourth-order valence-electron chi connectivity index (χ4n) is 4.40. The Bertz CT molecular complexity index is 1790. The Morgan fingerprint density at radius 2 is 1.72 bits per heavy atom. The average Bonchev–Trinajstić information content (AvgIpc) is 3.58. The number of H-pyrrole nitrogens is 1. The molecular weight excluding hydrogens is 474 g/mol. The molecule has 0 unspecified atom stereocenters. The second kappa shape index (κ2) is 8.58. The van der Waals surface area contributed by atoms with E-state index in [1.165, 1.54) is 18.4 Å². The molecule has 8 heteroatoms. The zero-order chi connectivity index (χ0) is 24.7. The summed E-state index contributed by atoms with van der Waals surface area (Å²) in [6, 6.07) is 26.2. The summed E-state index contributed by atoms with van der Waals surface area (Å²) in [5, 5.41) is 4.58. The molecule has 2 N–H and O–H groups in total. The summed E-state index contributed by atoms with van der Waals surface area (Å²) in [6.07, 6.45) is 3.16. The number of hydrogen-bond acceptors (Lipinski definition) is 6. The number of nitrogens with one attached hydrogen (secondary N) is 2. The highest BCUT2D eigenvalue weighted by Crippen LogP contribution is 2.41. The molecule has 0 radical (unpaired) electrons. The maximum atomic E-state index is 12.6. The second-order valence-corrected chi connectivity index (χ2v) is 9.74. The Kier molecular flexibility index (Phi) is 5.23. The first-order valence-corrected chi connectivity index (χ1v) is 12.7. The highest BCUT2D eigenvalue weighted by molar-refractivity contribution is 7.87. The molecule has 36 heavy (non-hydrogen) atoms. The first-order chi connectivity index (χ1) is 17.5. The Balaban J connectivity index is 1.59. The lowest BCUT2D eigenvalue weighted by Gasteiger charge is -2.13. The van der Waals surface area contributed by atoms with Gasteiger partial charge in [0.05, 0.1) is 6.26 Å². The van der Waals surface area contributed by atoms with E-state index >= 15 is 0 Å². The third kappa shape index (κ3) is 3.77. The highest BCUT2D eigenvalue weighted by Gasteiger charge is 2.22. The molecule has 0 spiro atoms. The Morgan fingerprint density at radius 1 is 0.917 bits per heavy atom. The normalized spacial score (nSPS) is 11.7. The van der Waals surface area contributed by atoms with Gasteiger partial charge in [0.25, 0.3) is 5.09 Å². The number of furan rings is 1. The van der Waals surface area contributed by atoms with Gasteiger partial charge in [-0.05, 0) is 53.6 Å². The lowest BCUT2D eigenvalue weighted by atomic mass is 9.92. The van der Waals surface area contributed by atoms with Crippen LogP contribution < -0.4 is 9.50 Å². The van der Waals surface area contributed by atoms with E-state index in [1.54, 1.807) is 18.2 Å². The number of aromatic amines is 1. The molecule has 7 nitrogen and oxygen atoms in total. The first kappa shape index (κ1) is 21.9. The van der Waals surface area contributed by atoms with E-state index in [9.17, 15) is 8.42 Å². The van der Waals surface area contributed by atoms with Crippen molar-refractivity contribution in [2.24, 2.45) is 0 Å². The number of pyridine rings is 1. The molecular formula is C28H21N3O4S. The molecule has 178 valence electrons. The van der Waals surface area contributed by atoms with Crippen LogP contribution in [0.1, 0.15) is 0 Å². The number of benzene rings is 3. The van der Waals surface area contributed by atoms with Crippen LogP contribution in [0.4, 0.5) is 5.69 Å². The molecule has 0 fully saturated rings. The quantitative estimate of drug-likeness (QED) is 0.258. The van der Waals surface area contributed by atoms with Crippen molar-refractivity contribution >= 4 is 37.7 Å². The van der Waals surface area contributed by atoms with Crippen LogP contribution in [0.3, 0.4) is 0 Å². The summed E-state index contributed by atoms with van der Waals surface area (Å²) >= 11 is 0. The molecule has 0 atom stereocenters. The van der Waals surface area contributed by atoms with Crippen molar-refractivity contribution in [3.05, 3.63) is 97.4 Å². The zero-order valence-electron chi connectivity index (χ0n) is 19.2. The standard InChI is InChI=1S/C28H21N3O4S/c1-29-20-11-9-18(10-12-20)23-17-30-28-27(26(23)19-6-3-2-4-7-19)22-16-21(13-14-24(22)31-28)35-36(32,33)25-8-5-15-34-25/h2-17,29H,1H3,(H,30,31). The van der Waals surface area contributed by atoms with Crippen LogP contribution in [0, 0.1) is 0 Å². The molecule has 0 saturated heterocycles. The Morgan fingerprint density at radius 3 is 2.44 bits per heavy atom. The van der Waals surface area contributed by atoms with E-state index in [0.29, 0.717) is 5.65 Å². The molecule has 6 aromatic rings. The van der Waals surface area contributed by atoms with Crippen molar-refractivity contribution in [1.82, 2.24) is 9.97 Å². The van der Waals surface area contributed by atoms with Gasteiger partial charge in [-0.2, -0.15) is 8.42 Å². The summed E-state index contributed by atoms with van der Waals surface area (Å²) in [4.78, 5) is 8.08. The van der Waals surface area contributed by atoms with Crippen LogP contribution >= 0.6 is 0 Å². The molecule has 3 heterocycles. The van der Waals surface area contributed by atoms with Gasteiger partial charge in [-0.1, -0.05) is 42.5 Å². The number of fused-ring (bicyclic) bond motifs is 3. The number of nitrogens with zero attached hydrogens (tertiary/aromatic N) is 1. The van der Waals surface area contributed by atoms with E-state index in [-0.39, 0.29) is 10.8 Å². The van der Waals surface area contributed by atoms with Crippen LogP contribution in [0.15, 0.2) is 107 Å². The number of aromatic nitrogens is 2. The van der Waals surface area contributed by atoms with E-state index < -0.39 is 10.1 Å². The molecule has 0 bridgehead atoms. The molecule has 0 saturated carbocycles. The maximum Gasteiger partial charge on any atom is 0.373 e. The van der Waals surface area contributed by atoms with Gasteiger partial charge in [-0.25, -0.2) is 4.98 Å². The van der Waals surface area contributed by atoms with Crippen LogP contribution in [0.5, 0.6) is 5.75 Å². The fourth-order valence-corrected chi connectivity index (χ4v) is 5.26. The van der Waals surface area contributed by atoms with Gasteiger partial charge in [0, 0.05) is 46.3 Å². The molecule has 3 aromatic heterocycles. The molecule has 0 aliphatic rings. The Labute approximate surface area is 207 Å². The molecule has 0 aliphatic heterocycles. The summed E-state index contributed by atoms with van der Waals surface area (Å²) < 4.78 is 35.7. The predicted octanol–water partition coefficient (Wildman–Crippen LogP) is 6.45. The Hall–Kier alpha value is -4.56. The minimum Gasteiger partial charge on any atom is -0.450 e. The van der Waals surface area contributed by atoms with E-state index in [2.05, 4.69) is 34.6 Å². The van der Waals surface area contributed by atoms with Gasteiger partial charge >= 0.3 is 10.1 Å². The number of hydrogen-bond donors (Lipinski definition) is 2. The lowest BCUT2D eigenvalue weighted by Crippen LogP contribution is -2.08. The maximum absolute atomic E-state index is 12.6. The summed E-state index contributed by atoms with van der Waals surface area (Å²) in [5.41, 5.74) is 6.53. The smallest absolute Gasteiger partial charge is 0.373 e. The number of rotatable bonds is 6. The molecule has 0 amide bonds. The van der Waals surface area contributed by atoms with Gasteiger partial charge in [-0.3, -0.25) is 0 Å². The highest BCUT2D eigenvalue weighted by atomic mass is 32.2. The topological polar surface area (TPSA) is 97.2 Å². The van der Waals surface area contributed by atoms with Crippen molar-refractivity contribution in [3.8, 4) is 28.0 Å². The number of anilines is 1. The van der Waals surface area contributed by atoms with E-state index in [0.717, 1.165) is 44.2 Å². The second-order valence-electron chi connectivity index (χ2n) is 8.27. The monoisotopic (exact) mass is 495 g/mol. The first-order valence-electron chi connectivity index (χ1n) is 11.3. The molecule has 3 aromatic carbocycles. The van der Waals surface area contributed by atoms with Crippen LogP contribution in [-0.4, -0.2) is 25.4 Å². The lowest BCUT2D eigenvalue weighted by molar-refractivity contribution is 0.410. The van der Waals surface area contributed by atoms with Crippen molar-refractivity contribution in [3.63, 3.8) is 0 Å². The van der Waals surface area contributed by atoms with E-state index in [4.69, 9.17) is 13.6 Å². The predicted molar refractivity (Wildman–Crippen MR) is 141 cm³/mol. The van der Waals surface area contributed by atoms with Crippen LogP contribution in [0.2, 0.25) is 0 Å². The van der Waals surface area contributed by atoms with Crippen molar-refractivity contribution in [2.45, 2.75) is 5.09 Å². The average molecular weight is 496 g/mol. The molecule has 6 rings (SSSR count).